The largest absolute Gasteiger partial charge is 0.369 e. The molecule has 1 fully saturated rings. The van der Waals surface area contributed by atoms with Crippen molar-refractivity contribution in [2.24, 2.45) is 0 Å². The molecule has 0 amide bonds. The Bertz CT molecular complexity index is 1370. The zero-order chi connectivity index (χ0) is 24.6. The Balaban J connectivity index is 1.58. The molecule has 182 valence electrons. The molecule has 0 saturated carbocycles. The standard InChI is InChI=1S/C27H33N7O/c1-5-27(3,4)34-25(29-30-31-34)24(22-18-20-11-9-10-19(2)23(20)28-26(22)35)33-16-14-32(15-17-33)21-12-7-6-8-13-21/h6-13,18,24H,5,14-17H2,1-4H3,(H,28,35)/t24-/m1/s1. The van der Waals surface area contributed by atoms with Crippen LogP contribution in [0.2, 0.25) is 0 Å². The first-order valence-electron chi connectivity index (χ1n) is 12.3. The highest BCUT2D eigenvalue weighted by Crippen LogP contribution is 2.32. The third-order valence-electron chi connectivity index (χ3n) is 7.39. The Hall–Kier alpha value is -3.52. The summed E-state index contributed by atoms with van der Waals surface area (Å²) in [5.41, 5.74) is 3.46. The summed E-state index contributed by atoms with van der Waals surface area (Å²) < 4.78 is 1.90. The summed E-state index contributed by atoms with van der Waals surface area (Å²) in [6.07, 6.45) is 0.868. The molecule has 1 atom stereocenters. The van der Waals surface area contributed by atoms with Gasteiger partial charge in [0.1, 0.15) is 6.04 Å². The van der Waals surface area contributed by atoms with Crippen LogP contribution in [0.15, 0.2) is 59.4 Å². The van der Waals surface area contributed by atoms with Crippen LogP contribution in [0.4, 0.5) is 5.69 Å². The fraction of sp³-hybridized carbons (Fsp3) is 0.407. The number of para-hydroxylation sites is 2. The second kappa shape index (κ2) is 9.26. The van der Waals surface area contributed by atoms with Crippen LogP contribution < -0.4 is 10.5 Å². The van der Waals surface area contributed by atoms with Gasteiger partial charge in [-0.2, -0.15) is 0 Å². The van der Waals surface area contributed by atoms with Gasteiger partial charge in [-0.3, -0.25) is 9.69 Å². The van der Waals surface area contributed by atoms with Crippen LogP contribution >= 0.6 is 0 Å². The van der Waals surface area contributed by atoms with Gasteiger partial charge in [-0.1, -0.05) is 43.3 Å². The van der Waals surface area contributed by atoms with Crippen LogP contribution in [0.1, 0.15) is 50.2 Å². The van der Waals surface area contributed by atoms with Crippen LogP contribution in [0.25, 0.3) is 10.9 Å². The average Bonchev–Trinajstić information content (AvgIpc) is 3.37. The number of aromatic amines is 1. The summed E-state index contributed by atoms with van der Waals surface area (Å²) in [5.74, 6) is 0.711. The lowest BCUT2D eigenvalue weighted by molar-refractivity contribution is 0.186. The molecule has 0 bridgehead atoms. The van der Waals surface area contributed by atoms with E-state index in [2.05, 4.69) is 75.3 Å². The van der Waals surface area contributed by atoms with E-state index in [-0.39, 0.29) is 17.1 Å². The molecular weight excluding hydrogens is 438 g/mol. The van der Waals surface area contributed by atoms with Gasteiger partial charge in [-0.15, -0.1) is 5.10 Å². The normalized spacial score (nSPS) is 16.1. The number of pyridine rings is 1. The maximum absolute atomic E-state index is 13.5. The summed E-state index contributed by atoms with van der Waals surface area (Å²) in [6, 6.07) is 18.2. The van der Waals surface area contributed by atoms with Crippen molar-refractivity contribution < 1.29 is 0 Å². The van der Waals surface area contributed by atoms with Gasteiger partial charge in [-0.25, -0.2) is 4.68 Å². The van der Waals surface area contributed by atoms with Crippen molar-refractivity contribution in [1.82, 2.24) is 30.1 Å². The summed E-state index contributed by atoms with van der Waals surface area (Å²) in [5, 5.41) is 13.9. The second-order valence-electron chi connectivity index (χ2n) is 9.97. The molecule has 5 rings (SSSR count). The van der Waals surface area contributed by atoms with E-state index in [9.17, 15) is 4.79 Å². The number of nitrogens with zero attached hydrogens (tertiary/aromatic N) is 6. The molecule has 8 heteroatoms. The molecular formula is C27H33N7O. The highest BCUT2D eigenvalue weighted by molar-refractivity contribution is 5.82. The Morgan fingerprint density at radius 1 is 1.03 bits per heavy atom. The topological polar surface area (TPSA) is 82.9 Å². The number of nitrogens with one attached hydrogen (secondary N) is 1. The summed E-state index contributed by atoms with van der Waals surface area (Å²) in [7, 11) is 0. The van der Waals surface area contributed by atoms with Crippen LogP contribution in [-0.4, -0.2) is 56.3 Å². The van der Waals surface area contributed by atoms with Crippen LogP contribution in [0, 0.1) is 6.92 Å². The van der Waals surface area contributed by atoms with Gasteiger partial charge in [0, 0.05) is 37.4 Å². The van der Waals surface area contributed by atoms with E-state index in [1.807, 2.05) is 41.9 Å². The van der Waals surface area contributed by atoms with E-state index in [0.29, 0.717) is 11.4 Å². The molecule has 1 saturated heterocycles. The first-order valence-corrected chi connectivity index (χ1v) is 12.3. The van der Waals surface area contributed by atoms with E-state index < -0.39 is 0 Å². The monoisotopic (exact) mass is 471 g/mol. The van der Waals surface area contributed by atoms with Gasteiger partial charge in [-0.05, 0) is 66.8 Å². The Morgan fingerprint density at radius 2 is 1.77 bits per heavy atom. The number of aryl methyl sites for hydroxylation is 1. The minimum atomic E-state index is -0.345. The average molecular weight is 472 g/mol. The van der Waals surface area contributed by atoms with Gasteiger partial charge in [0.25, 0.3) is 5.56 Å². The van der Waals surface area contributed by atoms with E-state index in [1.54, 1.807) is 0 Å². The Morgan fingerprint density at radius 3 is 2.49 bits per heavy atom. The van der Waals surface area contributed by atoms with Crippen LogP contribution in [0.3, 0.4) is 0 Å². The fourth-order valence-corrected chi connectivity index (χ4v) is 4.93. The SMILES string of the molecule is CCC(C)(C)n1nnnc1[C@@H](c1cc2cccc(C)c2[nH]c1=O)N1CCN(c2ccccc2)CC1. The number of aromatic nitrogens is 5. The predicted molar refractivity (Wildman–Crippen MR) is 139 cm³/mol. The van der Waals surface area contributed by atoms with Crippen molar-refractivity contribution in [2.75, 3.05) is 31.1 Å². The zero-order valence-electron chi connectivity index (χ0n) is 20.9. The number of hydrogen-bond donors (Lipinski definition) is 1. The minimum Gasteiger partial charge on any atom is -0.369 e. The molecule has 1 N–H and O–H groups in total. The van der Waals surface area contributed by atoms with Crippen molar-refractivity contribution in [1.29, 1.82) is 0 Å². The van der Waals surface area contributed by atoms with Crippen molar-refractivity contribution in [3.63, 3.8) is 0 Å². The molecule has 4 aromatic rings. The number of H-pyrrole nitrogens is 1. The highest BCUT2D eigenvalue weighted by Gasteiger charge is 2.35. The third kappa shape index (κ3) is 4.34. The maximum atomic E-state index is 13.5. The third-order valence-corrected chi connectivity index (χ3v) is 7.39. The quantitative estimate of drug-likeness (QED) is 0.460. The Labute approximate surface area is 205 Å². The number of hydrogen-bond acceptors (Lipinski definition) is 6. The first kappa shape index (κ1) is 23.2. The maximum Gasteiger partial charge on any atom is 0.253 e. The smallest absolute Gasteiger partial charge is 0.253 e. The first-order chi connectivity index (χ1) is 16.9. The minimum absolute atomic E-state index is 0.0915. The van der Waals surface area contributed by atoms with E-state index in [4.69, 9.17) is 0 Å². The molecule has 0 spiro atoms. The summed E-state index contributed by atoms with van der Waals surface area (Å²) in [6.45, 7) is 11.7. The molecule has 2 aromatic carbocycles. The zero-order valence-corrected chi connectivity index (χ0v) is 20.9. The van der Waals surface area contributed by atoms with Crippen molar-refractivity contribution in [3.05, 3.63) is 81.9 Å². The van der Waals surface area contributed by atoms with Gasteiger partial charge < -0.3 is 9.88 Å². The summed E-state index contributed by atoms with van der Waals surface area (Å²) in [4.78, 5) is 21.4. The number of fused-ring (bicyclic) bond motifs is 1. The molecule has 8 nitrogen and oxygen atoms in total. The summed E-state index contributed by atoms with van der Waals surface area (Å²) >= 11 is 0. The second-order valence-corrected chi connectivity index (χ2v) is 9.97. The fourth-order valence-electron chi connectivity index (χ4n) is 4.93. The van der Waals surface area contributed by atoms with Crippen LogP contribution in [-0.2, 0) is 5.54 Å². The molecule has 0 aliphatic carbocycles. The van der Waals surface area contributed by atoms with Crippen molar-refractivity contribution in [3.8, 4) is 0 Å². The molecule has 2 aromatic heterocycles. The number of benzene rings is 2. The lowest BCUT2D eigenvalue weighted by Gasteiger charge is -2.40. The highest BCUT2D eigenvalue weighted by atomic mass is 16.1. The lowest BCUT2D eigenvalue weighted by Crippen LogP contribution is -2.49. The van der Waals surface area contributed by atoms with Crippen molar-refractivity contribution in [2.45, 2.75) is 45.7 Å². The van der Waals surface area contributed by atoms with E-state index in [0.717, 1.165) is 49.1 Å². The number of tetrazole rings is 1. The van der Waals surface area contributed by atoms with Gasteiger partial charge in [0.2, 0.25) is 0 Å². The van der Waals surface area contributed by atoms with Crippen molar-refractivity contribution >= 4 is 16.6 Å². The van der Waals surface area contributed by atoms with Gasteiger partial charge >= 0.3 is 0 Å². The predicted octanol–water partition coefficient (Wildman–Crippen LogP) is 3.88. The molecule has 1 aliphatic rings. The Kier molecular flexibility index (Phi) is 6.15. The van der Waals surface area contributed by atoms with E-state index >= 15 is 0 Å². The van der Waals surface area contributed by atoms with Crippen LogP contribution in [0.5, 0.6) is 0 Å². The lowest BCUT2D eigenvalue weighted by atomic mass is 9.98. The molecule has 1 aliphatic heterocycles. The van der Waals surface area contributed by atoms with Gasteiger partial charge in [0.15, 0.2) is 5.82 Å². The molecule has 0 unspecified atom stereocenters. The number of anilines is 1. The van der Waals surface area contributed by atoms with Gasteiger partial charge in [0.05, 0.1) is 11.1 Å². The van der Waals surface area contributed by atoms with E-state index in [1.165, 1.54) is 5.69 Å². The number of piperazine rings is 1. The molecule has 3 heterocycles. The molecule has 0 radical (unpaired) electrons. The number of rotatable bonds is 6. The molecule has 35 heavy (non-hydrogen) atoms.